The minimum Gasteiger partial charge on any atom is -0.481 e. The van der Waals surface area contributed by atoms with Gasteiger partial charge in [0.15, 0.2) is 6.10 Å². The van der Waals surface area contributed by atoms with Gasteiger partial charge >= 0.3 is 0 Å². The number of rotatable bonds is 4. The molecule has 0 aliphatic carbocycles. The molecule has 0 unspecified atom stereocenters. The first-order valence-corrected chi connectivity index (χ1v) is 7.79. The Morgan fingerprint density at radius 1 is 1.20 bits per heavy atom. The van der Waals surface area contributed by atoms with Gasteiger partial charge in [-0.25, -0.2) is 0 Å². The van der Waals surface area contributed by atoms with Crippen molar-refractivity contribution in [3.63, 3.8) is 0 Å². The fourth-order valence-corrected chi connectivity index (χ4v) is 2.61. The summed E-state index contributed by atoms with van der Waals surface area (Å²) >= 11 is 5.85. The number of nitrogens with zero attached hydrogens (tertiary/aromatic N) is 1. The summed E-state index contributed by atoms with van der Waals surface area (Å²) < 4.78 is 5.82. The molecule has 0 aromatic heterocycles. The number of halogens is 1. The molecular weight excluding hydrogens is 274 g/mol. The van der Waals surface area contributed by atoms with Crippen LogP contribution in [0, 0.1) is 0 Å². The molecule has 110 valence electrons. The van der Waals surface area contributed by atoms with Gasteiger partial charge in [-0.3, -0.25) is 4.79 Å². The summed E-state index contributed by atoms with van der Waals surface area (Å²) in [5, 5.41) is 0.671. The minimum atomic E-state index is -0.394. The molecule has 0 saturated carbocycles. The number of hydrogen-bond acceptors (Lipinski definition) is 2. The molecule has 0 spiro atoms. The first-order valence-electron chi connectivity index (χ1n) is 7.41. The summed E-state index contributed by atoms with van der Waals surface area (Å²) in [6.07, 6.45) is 4.93. The molecule has 0 bridgehead atoms. The van der Waals surface area contributed by atoms with E-state index in [1.807, 2.05) is 11.8 Å². The highest BCUT2D eigenvalue weighted by molar-refractivity contribution is 6.30. The molecule has 1 aromatic carbocycles. The zero-order chi connectivity index (χ0) is 14.4. The van der Waals surface area contributed by atoms with Crippen LogP contribution in [0.5, 0.6) is 5.75 Å². The second-order valence-electron chi connectivity index (χ2n) is 5.21. The van der Waals surface area contributed by atoms with E-state index < -0.39 is 6.10 Å². The van der Waals surface area contributed by atoms with Crippen LogP contribution >= 0.6 is 11.6 Å². The van der Waals surface area contributed by atoms with Crippen molar-refractivity contribution in [3.8, 4) is 5.75 Å². The van der Waals surface area contributed by atoms with Gasteiger partial charge in [-0.05, 0) is 43.5 Å². The van der Waals surface area contributed by atoms with Gasteiger partial charge in [-0.2, -0.15) is 0 Å². The van der Waals surface area contributed by atoms with Gasteiger partial charge in [0.25, 0.3) is 5.91 Å². The second-order valence-corrected chi connectivity index (χ2v) is 5.64. The van der Waals surface area contributed by atoms with Gasteiger partial charge in [-0.15, -0.1) is 0 Å². The molecule has 0 N–H and O–H groups in total. The van der Waals surface area contributed by atoms with Gasteiger partial charge in [0.1, 0.15) is 5.75 Å². The topological polar surface area (TPSA) is 29.5 Å². The third-order valence-corrected chi connectivity index (χ3v) is 3.91. The summed E-state index contributed by atoms with van der Waals surface area (Å²) in [7, 11) is 0. The maximum Gasteiger partial charge on any atom is 0.263 e. The second kappa shape index (κ2) is 7.53. The van der Waals surface area contributed by atoms with E-state index in [1.165, 1.54) is 12.8 Å². The van der Waals surface area contributed by atoms with Gasteiger partial charge in [0.2, 0.25) is 0 Å². The molecule has 20 heavy (non-hydrogen) atoms. The summed E-state index contributed by atoms with van der Waals surface area (Å²) in [6, 6.07) is 7.17. The Hall–Kier alpha value is -1.22. The Balaban J connectivity index is 1.99. The minimum absolute atomic E-state index is 0.115. The zero-order valence-corrected chi connectivity index (χ0v) is 12.7. The van der Waals surface area contributed by atoms with Crippen LogP contribution in [0.25, 0.3) is 0 Å². The summed E-state index contributed by atoms with van der Waals surface area (Å²) in [5.41, 5.74) is 0. The lowest BCUT2D eigenvalue weighted by molar-refractivity contribution is -0.138. The van der Waals surface area contributed by atoms with Gasteiger partial charge in [-0.1, -0.05) is 31.4 Å². The lowest BCUT2D eigenvalue weighted by Gasteiger charge is -2.26. The number of hydrogen-bond donors (Lipinski definition) is 0. The number of benzene rings is 1. The first kappa shape index (κ1) is 15.2. The van der Waals surface area contributed by atoms with E-state index in [2.05, 4.69) is 0 Å². The maximum atomic E-state index is 12.5. The van der Waals surface area contributed by atoms with Crippen LogP contribution in [0.3, 0.4) is 0 Å². The number of ether oxygens (including phenoxy) is 1. The van der Waals surface area contributed by atoms with Crippen LogP contribution in [0.15, 0.2) is 24.3 Å². The normalized spacial score (nSPS) is 17.4. The van der Waals surface area contributed by atoms with Crippen LogP contribution in [-0.4, -0.2) is 30.0 Å². The number of carbonyl (C=O) groups excluding carboxylic acids is 1. The highest BCUT2D eigenvalue weighted by Crippen LogP contribution is 2.19. The largest absolute Gasteiger partial charge is 0.481 e. The van der Waals surface area contributed by atoms with E-state index in [0.717, 1.165) is 25.9 Å². The van der Waals surface area contributed by atoms with Crippen molar-refractivity contribution in [2.75, 3.05) is 13.1 Å². The molecule has 3 nitrogen and oxygen atoms in total. The average Bonchev–Trinajstić information content (AvgIpc) is 2.75. The number of likely N-dealkylation sites (tertiary alicyclic amines) is 1. The molecule has 1 aliphatic rings. The lowest BCUT2D eigenvalue weighted by Crippen LogP contribution is -2.42. The van der Waals surface area contributed by atoms with Crippen LogP contribution < -0.4 is 4.74 Å². The Kier molecular flexibility index (Phi) is 5.72. The van der Waals surface area contributed by atoms with Crippen molar-refractivity contribution >= 4 is 17.5 Å². The molecular formula is C16H22ClNO2. The van der Waals surface area contributed by atoms with Crippen LogP contribution in [-0.2, 0) is 4.79 Å². The molecule has 1 fully saturated rings. The maximum absolute atomic E-state index is 12.5. The van der Waals surface area contributed by atoms with Crippen LogP contribution in [0.4, 0.5) is 0 Å². The van der Waals surface area contributed by atoms with Crippen molar-refractivity contribution in [2.24, 2.45) is 0 Å². The predicted molar refractivity (Wildman–Crippen MR) is 81.2 cm³/mol. The van der Waals surface area contributed by atoms with E-state index in [9.17, 15) is 4.79 Å². The molecule has 1 amide bonds. The summed E-state index contributed by atoms with van der Waals surface area (Å²) in [5.74, 6) is 0.814. The average molecular weight is 296 g/mol. The molecule has 0 radical (unpaired) electrons. The van der Waals surface area contributed by atoms with E-state index in [1.54, 1.807) is 24.3 Å². The first-order chi connectivity index (χ1) is 9.70. The number of carbonyl (C=O) groups is 1. The third kappa shape index (κ3) is 4.14. The molecule has 1 heterocycles. The summed E-state index contributed by atoms with van der Waals surface area (Å²) in [4.78, 5) is 14.5. The van der Waals surface area contributed by atoms with E-state index >= 15 is 0 Å². The van der Waals surface area contributed by atoms with Crippen molar-refractivity contribution in [1.82, 2.24) is 4.90 Å². The van der Waals surface area contributed by atoms with Crippen LogP contribution in [0.1, 0.15) is 39.0 Å². The zero-order valence-electron chi connectivity index (χ0n) is 12.0. The molecule has 1 aliphatic heterocycles. The Morgan fingerprint density at radius 2 is 1.80 bits per heavy atom. The SMILES string of the molecule is CC[C@H](Oc1ccc(Cl)cc1)C(=O)N1CCCCCC1. The van der Waals surface area contributed by atoms with Gasteiger partial charge in [0, 0.05) is 18.1 Å². The van der Waals surface area contributed by atoms with Crippen molar-refractivity contribution < 1.29 is 9.53 Å². The number of amides is 1. The van der Waals surface area contributed by atoms with Crippen molar-refractivity contribution in [3.05, 3.63) is 29.3 Å². The molecule has 1 aromatic rings. The fourth-order valence-electron chi connectivity index (χ4n) is 2.48. The predicted octanol–water partition coefficient (Wildman–Crippen LogP) is 3.90. The smallest absolute Gasteiger partial charge is 0.263 e. The summed E-state index contributed by atoms with van der Waals surface area (Å²) in [6.45, 7) is 3.70. The highest BCUT2D eigenvalue weighted by atomic mass is 35.5. The molecule has 1 saturated heterocycles. The van der Waals surface area contributed by atoms with Gasteiger partial charge in [0.05, 0.1) is 0 Å². The molecule has 2 rings (SSSR count). The van der Waals surface area contributed by atoms with Crippen LogP contribution in [0.2, 0.25) is 5.02 Å². The van der Waals surface area contributed by atoms with Crippen molar-refractivity contribution in [1.29, 1.82) is 0 Å². The monoisotopic (exact) mass is 295 g/mol. The Morgan fingerprint density at radius 3 is 2.35 bits per heavy atom. The Labute approximate surface area is 125 Å². The Bertz CT molecular complexity index is 425. The third-order valence-electron chi connectivity index (χ3n) is 3.66. The van der Waals surface area contributed by atoms with Crippen molar-refractivity contribution in [2.45, 2.75) is 45.1 Å². The van der Waals surface area contributed by atoms with E-state index in [0.29, 0.717) is 17.2 Å². The molecule has 1 atom stereocenters. The lowest BCUT2D eigenvalue weighted by atomic mass is 10.2. The fraction of sp³-hybridized carbons (Fsp3) is 0.562. The standard InChI is InChI=1S/C16H22ClNO2/c1-2-15(20-14-9-7-13(17)8-10-14)16(19)18-11-5-3-4-6-12-18/h7-10,15H,2-6,11-12H2,1H3/t15-/m0/s1. The van der Waals surface area contributed by atoms with Gasteiger partial charge < -0.3 is 9.64 Å². The van der Waals surface area contributed by atoms with E-state index in [-0.39, 0.29) is 5.91 Å². The highest BCUT2D eigenvalue weighted by Gasteiger charge is 2.25. The quantitative estimate of drug-likeness (QED) is 0.843. The van der Waals surface area contributed by atoms with E-state index in [4.69, 9.17) is 16.3 Å². The molecule has 4 heteroatoms.